The van der Waals surface area contributed by atoms with Crippen molar-refractivity contribution in [3.05, 3.63) is 59.7 Å². The first-order chi connectivity index (χ1) is 13.3. The van der Waals surface area contributed by atoms with Gasteiger partial charge in [-0.25, -0.2) is 4.79 Å². The lowest BCUT2D eigenvalue weighted by Crippen LogP contribution is -2.35. The van der Waals surface area contributed by atoms with E-state index in [-0.39, 0.29) is 12.0 Å². The van der Waals surface area contributed by atoms with Gasteiger partial charge in [-0.15, -0.1) is 0 Å². The van der Waals surface area contributed by atoms with E-state index in [1.807, 2.05) is 26.8 Å². The van der Waals surface area contributed by atoms with E-state index in [2.05, 4.69) is 59.7 Å². The zero-order valence-electron chi connectivity index (χ0n) is 17.2. The molecule has 0 spiro atoms. The third-order valence-electron chi connectivity index (χ3n) is 4.76. The molecule has 1 amide bonds. The summed E-state index contributed by atoms with van der Waals surface area (Å²) >= 11 is 0. The van der Waals surface area contributed by atoms with Gasteiger partial charge in [-0.2, -0.15) is 0 Å². The van der Waals surface area contributed by atoms with Crippen molar-refractivity contribution in [3.63, 3.8) is 0 Å². The van der Waals surface area contributed by atoms with E-state index in [1.165, 1.54) is 5.56 Å². The molecule has 1 heterocycles. The Morgan fingerprint density at radius 3 is 2.68 bits per heavy atom. The molecule has 0 bridgehead atoms. The summed E-state index contributed by atoms with van der Waals surface area (Å²) in [6, 6.07) is 16.7. The summed E-state index contributed by atoms with van der Waals surface area (Å²) < 4.78 is 11.2. The molecule has 5 heteroatoms. The van der Waals surface area contributed by atoms with E-state index < -0.39 is 5.60 Å². The van der Waals surface area contributed by atoms with Crippen LogP contribution in [0, 0.1) is 0 Å². The van der Waals surface area contributed by atoms with Gasteiger partial charge in [-0.3, -0.25) is 0 Å². The van der Waals surface area contributed by atoms with Crippen LogP contribution in [0.2, 0.25) is 0 Å². The number of nitrogens with one attached hydrogen (secondary N) is 1. The van der Waals surface area contributed by atoms with E-state index in [0.717, 1.165) is 30.0 Å². The maximum atomic E-state index is 12.0. The predicted octanol–water partition coefficient (Wildman–Crippen LogP) is 4.71. The van der Waals surface area contributed by atoms with Crippen LogP contribution in [0.4, 0.5) is 10.5 Å². The lowest BCUT2D eigenvalue weighted by molar-refractivity contribution is 0.0521. The fourth-order valence-electron chi connectivity index (χ4n) is 3.37. The molecule has 0 fully saturated rings. The molecule has 0 saturated carbocycles. The van der Waals surface area contributed by atoms with Gasteiger partial charge in [0.05, 0.1) is 6.61 Å². The Balaban J connectivity index is 1.65. The summed E-state index contributed by atoms with van der Waals surface area (Å²) in [4.78, 5) is 14.2. The SMILES string of the molecule is CN(Cc1ccccc1)c1ccc2c(c1)OCCC2CNC(=O)OC(C)(C)C. The number of hydrogen-bond acceptors (Lipinski definition) is 4. The summed E-state index contributed by atoms with van der Waals surface area (Å²) in [6.45, 7) is 7.63. The van der Waals surface area contributed by atoms with Crippen molar-refractivity contribution in [3.8, 4) is 5.75 Å². The summed E-state index contributed by atoms with van der Waals surface area (Å²) in [5.41, 5.74) is 3.03. The van der Waals surface area contributed by atoms with Crippen molar-refractivity contribution >= 4 is 11.8 Å². The summed E-state index contributed by atoms with van der Waals surface area (Å²) in [5, 5.41) is 2.89. The molecule has 0 radical (unpaired) electrons. The second-order valence-electron chi connectivity index (χ2n) is 8.28. The lowest BCUT2D eigenvalue weighted by Gasteiger charge is -2.28. The molecule has 1 aliphatic rings. The molecule has 3 rings (SSSR count). The van der Waals surface area contributed by atoms with Gasteiger partial charge in [0, 0.05) is 37.8 Å². The van der Waals surface area contributed by atoms with Crippen molar-refractivity contribution in [2.45, 2.75) is 45.3 Å². The van der Waals surface area contributed by atoms with Crippen LogP contribution in [0.25, 0.3) is 0 Å². The van der Waals surface area contributed by atoms with Gasteiger partial charge in [0.1, 0.15) is 11.4 Å². The summed E-state index contributed by atoms with van der Waals surface area (Å²) in [6.07, 6.45) is 0.502. The number of nitrogens with zero attached hydrogens (tertiary/aromatic N) is 1. The van der Waals surface area contributed by atoms with Crippen molar-refractivity contribution in [2.75, 3.05) is 25.1 Å². The Morgan fingerprint density at radius 1 is 1.21 bits per heavy atom. The Kier molecular flexibility index (Phi) is 6.12. The van der Waals surface area contributed by atoms with Gasteiger partial charge in [0.2, 0.25) is 0 Å². The number of alkyl carbamates (subject to hydrolysis) is 1. The van der Waals surface area contributed by atoms with E-state index in [1.54, 1.807) is 0 Å². The molecule has 2 aromatic carbocycles. The maximum Gasteiger partial charge on any atom is 0.407 e. The third kappa shape index (κ3) is 5.41. The number of carbonyl (C=O) groups is 1. The molecule has 5 nitrogen and oxygen atoms in total. The number of benzene rings is 2. The van der Waals surface area contributed by atoms with E-state index in [9.17, 15) is 4.79 Å². The van der Waals surface area contributed by atoms with Crippen LogP contribution in [0.15, 0.2) is 48.5 Å². The zero-order valence-corrected chi connectivity index (χ0v) is 17.2. The highest BCUT2D eigenvalue weighted by molar-refractivity contribution is 5.67. The Bertz CT molecular complexity index is 799. The maximum absolute atomic E-state index is 12.0. The predicted molar refractivity (Wildman–Crippen MR) is 112 cm³/mol. The second kappa shape index (κ2) is 8.55. The van der Waals surface area contributed by atoms with Gasteiger partial charge in [-0.05, 0) is 44.4 Å². The largest absolute Gasteiger partial charge is 0.493 e. The number of fused-ring (bicyclic) bond motifs is 1. The number of rotatable bonds is 5. The minimum Gasteiger partial charge on any atom is -0.493 e. The molecule has 2 aromatic rings. The highest BCUT2D eigenvalue weighted by Gasteiger charge is 2.24. The lowest BCUT2D eigenvalue weighted by atomic mass is 9.92. The van der Waals surface area contributed by atoms with Gasteiger partial charge in [0.15, 0.2) is 0 Å². The number of carbonyl (C=O) groups excluding carboxylic acids is 1. The second-order valence-corrected chi connectivity index (χ2v) is 8.28. The van der Waals surface area contributed by atoms with Gasteiger partial charge >= 0.3 is 6.09 Å². The molecule has 1 aliphatic heterocycles. The van der Waals surface area contributed by atoms with Crippen LogP contribution in [-0.4, -0.2) is 31.9 Å². The zero-order chi connectivity index (χ0) is 20.1. The quantitative estimate of drug-likeness (QED) is 0.813. The molecule has 1 N–H and O–H groups in total. The van der Waals surface area contributed by atoms with Crippen LogP contribution in [0.5, 0.6) is 5.75 Å². The molecule has 150 valence electrons. The highest BCUT2D eigenvalue weighted by Crippen LogP contribution is 2.36. The standard InChI is InChI=1S/C23H30N2O3/c1-23(2,3)28-22(26)24-15-18-12-13-27-21-14-19(10-11-20(18)21)25(4)16-17-8-6-5-7-9-17/h5-11,14,18H,12-13,15-16H2,1-4H3,(H,24,26). The molecule has 28 heavy (non-hydrogen) atoms. The Hall–Kier alpha value is -2.69. The molecule has 0 aliphatic carbocycles. The van der Waals surface area contributed by atoms with Crippen molar-refractivity contribution < 1.29 is 14.3 Å². The van der Waals surface area contributed by atoms with E-state index in [0.29, 0.717) is 13.2 Å². The first-order valence-corrected chi connectivity index (χ1v) is 9.80. The van der Waals surface area contributed by atoms with Crippen molar-refractivity contribution in [1.82, 2.24) is 5.32 Å². The number of ether oxygens (including phenoxy) is 2. The van der Waals surface area contributed by atoms with Crippen molar-refractivity contribution in [2.24, 2.45) is 0 Å². The van der Waals surface area contributed by atoms with Crippen LogP contribution in [-0.2, 0) is 11.3 Å². The Labute approximate surface area is 167 Å². The number of hydrogen-bond donors (Lipinski definition) is 1. The van der Waals surface area contributed by atoms with Crippen molar-refractivity contribution in [1.29, 1.82) is 0 Å². The number of anilines is 1. The Morgan fingerprint density at radius 2 is 1.96 bits per heavy atom. The van der Waals surface area contributed by atoms with Gasteiger partial charge in [-0.1, -0.05) is 36.4 Å². The fourth-order valence-corrected chi connectivity index (χ4v) is 3.37. The summed E-state index contributed by atoms with van der Waals surface area (Å²) in [7, 11) is 2.08. The average molecular weight is 383 g/mol. The van der Waals surface area contributed by atoms with Crippen LogP contribution in [0.3, 0.4) is 0 Å². The van der Waals surface area contributed by atoms with E-state index in [4.69, 9.17) is 9.47 Å². The molecule has 0 saturated heterocycles. The minimum absolute atomic E-state index is 0.227. The summed E-state index contributed by atoms with van der Waals surface area (Å²) in [5.74, 6) is 1.13. The molecule has 0 aromatic heterocycles. The highest BCUT2D eigenvalue weighted by atomic mass is 16.6. The average Bonchev–Trinajstić information content (AvgIpc) is 2.65. The first kappa shape index (κ1) is 20.1. The monoisotopic (exact) mass is 382 g/mol. The number of amides is 1. The first-order valence-electron chi connectivity index (χ1n) is 9.80. The minimum atomic E-state index is -0.490. The topological polar surface area (TPSA) is 50.8 Å². The van der Waals surface area contributed by atoms with Gasteiger partial charge < -0.3 is 19.7 Å². The fraction of sp³-hybridized carbons (Fsp3) is 0.435. The van der Waals surface area contributed by atoms with Crippen LogP contribution >= 0.6 is 0 Å². The van der Waals surface area contributed by atoms with E-state index >= 15 is 0 Å². The van der Waals surface area contributed by atoms with Crippen LogP contribution in [0.1, 0.15) is 44.2 Å². The molecular formula is C23H30N2O3. The normalized spacial score (nSPS) is 15.9. The third-order valence-corrected chi connectivity index (χ3v) is 4.76. The molecule has 1 atom stereocenters. The van der Waals surface area contributed by atoms with Crippen LogP contribution < -0.4 is 15.0 Å². The van der Waals surface area contributed by atoms with Gasteiger partial charge in [0.25, 0.3) is 0 Å². The molecular weight excluding hydrogens is 352 g/mol. The smallest absolute Gasteiger partial charge is 0.407 e. The molecule has 1 unspecified atom stereocenters.